The number of nitrogens with zero attached hydrogens (tertiary/aromatic N) is 1. The molecule has 1 heterocycles. The van der Waals surface area contributed by atoms with Crippen LogP contribution >= 0.6 is 0 Å². The summed E-state index contributed by atoms with van der Waals surface area (Å²) in [6, 6.07) is 12.4. The topological polar surface area (TPSA) is 68.1 Å². The van der Waals surface area contributed by atoms with Crippen molar-refractivity contribution in [1.29, 1.82) is 0 Å². The van der Waals surface area contributed by atoms with Gasteiger partial charge in [0.1, 0.15) is 18.2 Å². The molecule has 15 heteroatoms. The van der Waals surface area contributed by atoms with E-state index in [9.17, 15) is 49.4 Å². The summed E-state index contributed by atoms with van der Waals surface area (Å²) in [4.78, 5) is 16.3. The molecule has 4 aromatic carbocycles. The highest BCUT2D eigenvalue weighted by Gasteiger charge is 2.36. The van der Waals surface area contributed by atoms with E-state index in [-0.39, 0.29) is 29.4 Å². The van der Waals surface area contributed by atoms with Crippen LogP contribution in [0.1, 0.15) is 44.6 Å². The number of carboxylic acids is 1. The smallest absolute Gasteiger partial charge is 0.416 e. The monoisotopic (exact) mass is 701 g/mol. The highest BCUT2D eigenvalue weighted by Crippen LogP contribution is 2.41. The lowest BCUT2D eigenvalue weighted by Crippen LogP contribution is -2.09. The van der Waals surface area contributed by atoms with Gasteiger partial charge in [-0.1, -0.05) is 23.4 Å². The third-order valence-corrected chi connectivity index (χ3v) is 7.36. The van der Waals surface area contributed by atoms with E-state index < -0.39 is 47.0 Å². The van der Waals surface area contributed by atoms with Crippen LogP contribution in [0.2, 0.25) is 0 Å². The molecule has 5 nitrogen and oxygen atoms in total. The highest BCUT2D eigenvalue weighted by atomic mass is 19.4. The molecule has 0 saturated heterocycles. The van der Waals surface area contributed by atoms with Gasteiger partial charge >= 0.3 is 24.5 Å². The third-order valence-electron chi connectivity index (χ3n) is 7.36. The zero-order valence-electron chi connectivity index (χ0n) is 25.4. The van der Waals surface area contributed by atoms with Gasteiger partial charge in [-0.25, -0.2) is 9.18 Å². The van der Waals surface area contributed by atoms with E-state index in [1.165, 1.54) is 43.5 Å². The summed E-state index contributed by atoms with van der Waals surface area (Å²) in [6.07, 6.45) is -13.4. The van der Waals surface area contributed by atoms with Crippen LogP contribution in [0.25, 0.3) is 22.3 Å². The molecule has 1 aliphatic heterocycles. The van der Waals surface area contributed by atoms with Gasteiger partial charge in [0.2, 0.25) is 0 Å². The highest BCUT2D eigenvalue weighted by molar-refractivity contribution is 5.91. The van der Waals surface area contributed by atoms with E-state index in [1.807, 2.05) is 0 Å². The number of aromatic carboxylic acids is 1. The van der Waals surface area contributed by atoms with Gasteiger partial charge in [-0.3, -0.25) is 0 Å². The van der Waals surface area contributed by atoms with Crippen LogP contribution in [0.5, 0.6) is 5.75 Å². The summed E-state index contributed by atoms with van der Waals surface area (Å²) >= 11 is 0. The summed E-state index contributed by atoms with van der Waals surface area (Å²) in [6.45, 7) is 2.02. The number of oxime groups is 1. The van der Waals surface area contributed by atoms with E-state index >= 15 is 4.39 Å². The molecule has 4 aromatic rings. The lowest BCUT2D eigenvalue weighted by molar-refractivity contribution is -0.143. The molecule has 0 aromatic heterocycles. The average molecular weight is 702 g/mol. The van der Waals surface area contributed by atoms with E-state index in [0.717, 1.165) is 18.2 Å². The predicted molar refractivity (Wildman–Crippen MR) is 159 cm³/mol. The number of halogens is 10. The van der Waals surface area contributed by atoms with E-state index in [4.69, 9.17) is 9.57 Å². The quantitative estimate of drug-likeness (QED) is 0.203. The fraction of sp³-hybridized carbons (Fsp3) is 0.235. The molecule has 260 valence electrons. The molecule has 0 spiro atoms. The van der Waals surface area contributed by atoms with Crippen molar-refractivity contribution in [1.82, 2.24) is 0 Å². The molecule has 0 saturated carbocycles. The Hall–Kier alpha value is -5.08. The largest absolute Gasteiger partial charge is 0.496 e. The predicted octanol–water partition coefficient (Wildman–Crippen LogP) is 10.2. The second-order valence-corrected chi connectivity index (χ2v) is 10.7. The number of hydrogen-bond acceptors (Lipinski definition) is 4. The number of carboxylic acid groups (broad SMARTS) is 1. The molecule has 5 rings (SSSR count). The van der Waals surface area contributed by atoms with Gasteiger partial charge in [0.25, 0.3) is 0 Å². The first-order valence-corrected chi connectivity index (χ1v) is 14.1. The van der Waals surface area contributed by atoms with Crippen LogP contribution in [0, 0.1) is 12.7 Å². The van der Waals surface area contributed by atoms with Crippen molar-refractivity contribution in [2.75, 3.05) is 13.7 Å². The molecule has 0 radical (unpaired) electrons. The molecule has 1 N–H and O–H groups in total. The maximum Gasteiger partial charge on any atom is 0.416 e. The minimum atomic E-state index is -4.75. The Morgan fingerprint density at radius 1 is 0.776 bits per heavy atom. The Balaban J connectivity index is 0.000000324. The van der Waals surface area contributed by atoms with Gasteiger partial charge in [-0.05, 0) is 77.7 Å². The summed E-state index contributed by atoms with van der Waals surface area (Å²) in [5.41, 5.74) is -0.405. The van der Waals surface area contributed by atoms with Crippen molar-refractivity contribution < 1.29 is 63.4 Å². The van der Waals surface area contributed by atoms with Crippen molar-refractivity contribution in [3.8, 4) is 28.0 Å². The third kappa shape index (κ3) is 8.89. The second-order valence-electron chi connectivity index (χ2n) is 10.7. The fourth-order valence-corrected chi connectivity index (χ4v) is 4.98. The van der Waals surface area contributed by atoms with Gasteiger partial charge in [-0.2, -0.15) is 39.5 Å². The number of rotatable bonds is 6. The van der Waals surface area contributed by atoms with Gasteiger partial charge in [-0.15, -0.1) is 0 Å². The van der Waals surface area contributed by atoms with Crippen molar-refractivity contribution in [2.24, 2.45) is 5.16 Å². The lowest BCUT2D eigenvalue weighted by atomic mass is 9.90. The van der Waals surface area contributed by atoms with Crippen molar-refractivity contribution in [3.05, 3.63) is 112 Å². The second kappa shape index (κ2) is 14.2. The number of alkyl halides is 9. The van der Waals surface area contributed by atoms with Crippen LogP contribution in [-0.2, 0) is 29.8 Å². The molecule has 0 amide bonds. The number of carbonyl (C=O) groups is 1. The number of ether oxygens (including phenoxy) is 1. The van der Waals surface area contributed by atoms with Crippen LogP contribution in [0.15, 0.2) is 78.0 Å². The summed E-state index contributed by atoms with van der Waals surface area (Å²) in [5, 5.41) is 13.1. The summed E-state index contributed by atoms with van der Waals surface area (Å²) < 4.78 is 133. The minimum absolute atomic E-state index is 0.0602. The van der Waals surface area contributed by atoms with Crippen LogP contribution in [0.3, 0.4) is 0 Å². The molecule has 1 aliphatic rings. The maximum absolute atomic E-state index is 15.1. The first kappa shape index (κ1) is 36.8. The van der Waals surface area contributed by atoms with Gasteiger partial charge in [0.05, 0.1) is 35.1 Å². The number of aryl methyl sites for hydroxylation is 1. The molecule has 0 atom stereocenters. The molecular weight excluding hydrogens is 676 g/mol. The van der Waals surface area contributed by atoms with Crippen molar-refractivity contribution >= 4 is 11.7 Å². The first-order chi connectivity index (χ1) is 22.8. The molecule has 0 fully saturated rings. The molecule has 0 aliphatic carbocycles. The number of hydrogen-bond donors (Lipinski definition) is 1. The van der Waals surface area contributed by atoms with Crippen LogP contribution in [0.4, 0.5) is 43.9 Å². The lowest BCUT2D eigenvalue weighted by Gasteiger charge is -2.18. The molecule has 49 heavy (non-hydrogen) atoms. The molecule has 0 unspecified atom stereocenters. The SMILES string of the molecule is COc1cc(F)c(-c2ccc(C(=O)O)cc2C)cc1-c1ccc(C(F)(F)F)cc1CC1=NOCC1.FC(F)(F)c1cccc(C(F)(F)F)c1. The summed E-state index contributed by atoms with van der Waals surface area (Å²) in [5.74, 6) is -1.57. The van der Waals surface area contributed by atoms with E-state index in [0.29, 0.717) is 58.7 Å². The Morgan fingerprint density at radius 3 is 1.88 bits per heavy atom. The van der Waals surface area contributed by atoms with Crippen molar-refractivity contribution in [3.63, 3.8) is 0 Å². The van der Waals surface area contributed by atoms with Gasteiger partial charge in [0.15, 0.2) is 0 Å². The minimum Gasteiger partial charge on any atom is -0.496 e. The number of methoxy groups -OCH3 is 1. The van der Waals surface area contributed by atoms with Gasteiger partial charge in [0, 0.05) is 30.0 Å². The first-order valence-electron chi connectivity index (χ1n) is 14.1. The Labute approximate surface area is 272 Å². The van der Waals surface area contributed by atoms with Gasteiger partial charge < -0.3 is 14.7 Å². The fourth-order valence-electron chi connectivity index (χ4n) is 4.98. The average Bonchev–Trinajstić information content (AvgIpc) is 3.53. The zero-order chi connectivity index (χ0) is 36.3. The normalized spacial score (nSPS) is 13.3. The molecular formula is C34H25F10NO4. The maximum atomic E-state index is 15.1. The van der Waals surface area contributed by atoms with E-state index in [2.05, 4.69) is 5.16 Å². The van der Waals surface area contributed by atoms with E-state index in [1.54, 1.807) is 6.92 Å². The zero-order valence-corrected chi connectivity index (χ0v) is 25.4. The standard InChI is InChI=1S/C26H21F4NO4.C8H4F6/c1-14-9-15(25(32)33)3-5-19(14)21-12-22(24(34-2)13-23(21)27)20-6-4-17(26(28,29)30)10-16(20)11-18-7-8-35-31-18;9-7(10,11)5-2-1-3-6(4-5)8(12,13)14/h3-6,9-10,12-13H,7-8,11H2,1-2H3,(H,32,33);1-4H. The number of benzene rings is 4. The van der Waals surface area contributed by atoms with Crippen LogP contribution < -0.4 is 4.74 Å². The Kier molecular flexibility index (Phi) is 10.6. The molecule has 0 bridgehead atoms. The van der Waals surface area contributed by atoms with Crippen molar-refractivity contribution in [2.45, 2.75) is 38.3 Å². The summed E-state index contributed by atoms with van der Waals surface area (Å²) in [7, 11) is 1.35. The Morgan fingerprint density at radius 2 is 1.37 bits per heavy atom. The van der Waals surface area contributed by atoms with Crippen LogP contribution in [-0.4, -0.2) is 30.5 Å². The Bertz CT molecular complexity index is 1850.